The third-order valence-corrected chi connectivity index (χ3v) is 4.42. The lowest BCUT2D eigenvalue weighted by Gasteiger charge is -2.20. The van der Waals surface area contributed by atoms with Gasteiger partial charge in [0.1, 0.15) is 0 Å². The highest BCUT2D eigenvalue weighted by atomic mass is 35.5. The van der Waals surface area contributed by atoms with Gasteiger partial charge in [0.15, 0.2) is 0 Å². The monoisotopic (exact) mass is 281 g/mol. The Bertz CT molecular complexity index is 551. The maximum Gasteiger partial charge on any atom is 0.0413 e. The van der Waals surface area contributed by atoms with Gasteiger partial charge in [0, 0.05) is 26.7 Å². The normalized spacial score (nSPS) is 12.3. The smallest absolute Gasteiger partial charge is 0.0413 e. The molecule has 2 aromatic rings. The van der Waals surface area contributed by atoms with Gasteiger partial charge in [0.25, 0.3) is 0 Å². The maximum absolute atomic E-state index is 6.10. The van der Waals surface area contributed by atoms with Crippen molar-refractivity contribution in [2.45, 2.75) is 46.2 Å². The van der Waals surface area contributed by atoms with Crippen LogP contribution in [0.1, 0.15) is 38.1 Å². The molecule has 0 radical (unpaired) electrons. The molecule has 0 atom stereocenters. The SMILES string of the molecule is CCc1c(CNC(C)(C)C)sc2ccc(Cl)cc12. The summed E-state index contributed by atoms with van der Waals surface area (Å²) in [6, 6.07) is 6.19. The van der Waals surface area contributed by atoms with Crippen LogP contribution in [0.25, 0.3) is 10.1 Å². The van der Waals surface area contributed by atoms with Gasteiger partial charge in [0.2, 0.25) is 0 Å². The second kappa shape index (κ2) is 5.20. The van der Waals surface area contributed by atoms with E-state index >= 15 is 0 Å². The Morgan fingerprint density at radius 2 is 2.00 bits per heavy atom. The molecular formula is C15H20ClNS. The van der Waals surface area contributed by atoms with Crippen molar-refractivity contribution < 1.29 is 0 Å². The Morgan fingerprint density at radius 3 is 2.61 bits per heavy atom. The van der Waals surface area contributed by atoms with Gasteiger partial charge in [0.05, 0.1) is 0 Å². The van der Waals surface area contributed by atoms with Crippen molar-refractivity contribution in [2.75, 3.05) is 0 Å². The fourth-order valence-electron chi connectivity index (χ4n) is 2.05. The van der Waals surface area contributed by atoms with Crippen molar-refractivity contribution in [1.82, 2.24) is 5.32 Å². The summed E-state index contributed by atoms with van der Waals surface area (Å²) in [5.41, 5.74) is 1.59. The van der Waals surface area contributed by atoms with Gasteiger partial charge in [-0.25, -0.2) is 0 Å². The zero-order valence-corrected chi connectivity index (χ0v) is 13.0. The van der Waals surface area contributed by atoms with Crippen LogP contribution in [0.2, 0.25) is 5.02 Å². The number of fused-ring (bicyclic) bond motifs is 1. The van der Waals surface area contributed by atoms with Crippen LogP contribution in [0, 0.1) is 0 Å². The van der Waals surface area contributed by atoms with E-state index in [4.69, 9.17) is 11.6 Å². The number of hydrogen-bond acceptors (Lipinski definition) is 2. The minimum absolute atomic E-state index is 0.152. The Morgan fingerprint density at radius 1 is 1.28 bits per heavy atom. The predicted molar refractivity (Wildman–Crippen MR) is 82.8 cm³/mol. The first-order valence-electron chi connectivity index (χ1n) is 6.35. The van der Waals surface area contributed by atoms with Crippen molar-refractivity contribution in [3.05, 3.63) is 33.7 Å². The second-order valence-electron chi connectivity index (χ2n) is 5.60. The molecule has 0 aliphatic heterocycles. The number of nitrogens with one attached hydrogen (secondary N) is 1. The van der Waals surface area contributed by atoms with Crippen LogP contribution in [0.4, 0.5) is 0 Å². The first-order valence-corrected chi connectivity index (χ1v) is 7.55. The molecule has 0 spiro atoms. The number of benzene rings is 1. The number of aryl methyl sites for hydroxylation is 1. The summed E-state index contributed by atoms with van der Waals surface area (Å²) in [5, 5.41) is 5.71. The molecule has 1 heterocycles. The standard InChI is InChI=1S/C15H20ClNS/c1-5-11-12-8-10(16)6-7-13(12)18-14(11)9-17-15(2,3)4/h6-8,17H,5,9H2,1-4H3. The molecule has 0 unspecified atom stereocenters. The molecular weight excluding hydrogens is 262 g/mol. The quantitative estimate of drug-likeness (QED) is 0.834. The van der Waals surface area contributed by atoms with E-state index in [0.29, 0.717) is 0 Å². The molecule has 0 bridgehead atoms. The molecule has 2 rings (SSSR count). The van der Waals surface area contributed by atoms with Crippen molar-refractivity contribution in [3.63, 3.8) is 0 Å². The van der Waals surface area contributed by atoms with Crippen molar-refractivity contribution in [2.24, 2.45) is 0 Å². The van der Waals surface area contributed by atoms with Gasteiger partial charge >= 0.3 is 0 Å². The summed E-state index contributed by atoms with van der Waals surface area (Å²) in [7, 11) is 0. The third kappa shape index (κ3) is 3.05. The van der Waals surface area contributed by atoms with Crippen molar-refractivity contribution in [1.29, 1.82) is 0 Å². The van der Waals surface area contributed by atoms with E-state index in [1.54, 1.807) is 0 Å². The highest BCUT2D eigenvalue weighted by Crippen LogP contribution is 2.33. The van der Waals surface area contributed by atoms with Gasteiger partial charge in [-0.2, -0.15) is 0 Å². The first-order chi connectivity index (χ1) is 8.40. The summed E-state index contributed by atoms with van der Waals surface area (Å²) in [6.07, 6.45) is 1.06. The van der Waals surface area contributed by atoms with E-state index < -0.39 is 0 Å². The average Bonchev–Trinajstić information content (AvgIpc) is 2.62. The molecule has 1 aromatic heterocycles. The average molecular weight is 282 g/mol. The van der Waals surface area contributed by atoms with Crippen LogP contribution >= 0.6 is 22.9 Å². The molecule has 1 aromatic carbocycles. The Hall–Kier alpha value is -0.570. The summed E-state index contributed by atoms with van der Waals surface area (Å²) in [5.74, 6) is 0. The van der Waals surface area contributed by atoms with Crippen molar-refractivity contribution >= 4 is 33.0 Å². The van der Waals surface area contributed by atoms with Crippen LogP contribution in [-0.2, 0) is 13.0 Å². The Balaban J connectivity index is 2.38. The van der Waals surface area contributed by atoms with E-state index in [1.807, 2.05) is 17.4 Å². The van der Waals surface area contributed by atoms with Crippen LogP contribution in [-0.4, -0.2) is 5.54 Å². The Labute approximate surface area is 118 Å². The van der Waals surface area contributed by atoms with Crippen LogP contribution in [0.3, 0.4) is 0 Å². The first kappa shape index (κ1) is 13.9. The zero-order valence-electron chi connectivity index (χ0n) is 11.4. The van der Waals surface area contributed by atoms with Crippen LogP contribution < -0.4 is 5.32 Å². The highest BCUT2D eigenvalue weighted by Gasteiger charge is 2.14. The van der Waals surface area contributed by atoms with Crippen molar-refractivity contribution in [3.8, 4) is 0 Å². The molecule has 0 fully saturated rings. The molecule has 0 aliphatic rings. The van der Waals surface area contributed by atoms with E-state index in [2.05, 4.69) is 45.1 Å². The summed E-state index contributed by atoms with van der Waals surface area (Å²) < 4.78 is 1.34. The van der Waals surface area contributed by atoms with Gasteiger partial charge in [-0.05, 0) is 56.3 Å². The largest absolute Gasteiger partial charge is 0.307 e. The van der Waals surface area contributed by atoms with Gasteiger partial charge in [-0.15, -0.1) is 11.3 Å². The lowest BCUT2D eigenvalue weighted by Crippen LogP contribution is -2.35. The molecule has 0 amide bonds. The molecule has 0 saturated heterocycles. The van der Waals surface area contributed by atoms with E-state index in [9.17, 15) is 0 Å². The van der Waals surface area contributed by atoms with Gasteiger partial charge in [-0.3, -0.25) is 0 Å². The van der Waals surface area contributed by atoms with Crippen LogP contribution in [0.5, 0.6) is 0 Å². The van der Waals surface area contributed by atoms with E-state index in [1.165, 1.54) is 20.5 Å². The second-order valence-corrected chi connectivity index (χ2v) is 7.17. The topological polar surface area (TPSA) is 12.0 Å². The summed E-state index contributed by atoms with van der Waals surface area (Å²) >= 11 is 7.97. The lowest BCUT2D eigenvalue weighted by atomic mass is 10.1. The predicted octanol–water partition coefficient (Wildman–Crippen LogP) is 5.01. The highest BCUT2D eigenvalue weighted by molar-refractivity contribution is 7.19. The fraction of sp³-hybridized carbons (Fsp3) is 0.467. The zero-order chi connectivity index (χ0) is 13.3. The molecule has 3 heteroatoms. The molecule has 1 N–H and O–H groups in total. The van der Waals surface area contributed by atoms with E-state index in [0.717, 1.165) is 18.0 Å². The molecule has 0 saturated carbocycles. The number of thiophene rings is 1. The molecule has 0 aliphatic carbocycles. The number of halogens is 1. The maximum atomic E-state index is 6.10. The van der Waals surface area contributed by atoms with E-state index in [-0.39, 0.29) is 5.54 Å². The lowest BCUT2D eigenvalue weighted by molar-refractivity contribution is 0.426. The molecule has 18 heavy (non-hydrogen) atoms. The third-order valence-electron chi connectivity index (χ3n) is 2.97. The van der Waals surface area contributed by atoms with Crippen LogP contribution in [0.15, 0.2) is 18.2 Å². The Kier molecular flexibility index (Phi) is 4.00. The minimum atomic E-state index is 0.152. The number of rotatable bonds is 3. The van der Waals surface area contributed by atoms with Gasteiger partial charge < -0.3 is 5.32 Å². The molecule has 1 nitrogen and oxygen atoms in total. The number of hydrogen-bond donors (Lipinski definition) is 1. The minimum Gasteiger partial charge on any atom is -0.307 e. The fourth-order valence-corrected chi connectivity index (χ4v) is 3.43. The summed E-state index contributed by atoms with van der Waals surface area (Å²) in [4.78, 5) is 1.43. The van der Waals surface area contributed by atoms with Gasteiger partial charge in [-0.1, -0.05) is 18.5 Å². The molecule has 98 valence electrons. The summed E-state index contributed by atoms with van der Waals surface area (Å²) in [6.45, 7) is 9.74.